The van der Waals surface area contributed by atoms with Crippen LogP contribution in [0.2, 0.25) is 5.02 Å². The van der Waals surface area contributed by atoms with Gasteiger partial charge in [0.2, 0.25) is 0 Å². The first-order valence-corrected chi connectivity index (χ1v) is 7.94. The third-order valence-corrected chi connectivity index (χ3v) is 3.82. The summed E-state index contributed by atoms with van der Waals surface area (Å²) in [5.41, 5.74) is 1.91. The van der Waals surface area contributed by atoms with Gasteiger partial charge >= 0.3 is 6.03 Å². The highest BCUT2D eigenvalue weighted by Crippen LogP contribution is 2.16. The first-order valence-electron chi connectivity index (χ1n) is 7.56. The number of hydrogen-bond acceptors (Lipinski definition) is 2. The molecule has 2 N–H and O–H groups in total. The fraction of sp³-hybridized carbons (Fsp3) is 0.111. The van der Waals surface area contributed by atoms with Gasteiger partial charge in [0.25, 0.3) is 0 Å². The summed E-state index contributed by atoms with van der Waals surface area (Å²) >= 11 is 5.87. The average molecular weight is 341 g/mol. The fourth-order valence-corrected chi connectivity index (χ4v) is 2.42. The molecule has 0 spiro atoms. The number of halogens is 1. The molecule has 0 aliphatic rings. The molecule has 1 atom stereocenters. The molecule has 122 valence electrons. The van der Waals surface area contributed by atoms with Crippen molar-refractivity contribution in [1.82, 2.24) is 15.1 Å². The van der Waals surface area contributed by atoms with Gasteiger partial charge in [-0.2, -0.15) is 0 Å². The predicted octanol–water partition coefficient (Wildman–Crippen LogP) is 4.41. The van der Waals surface area contributed by atoms with Crippen molar-refractivity contribution >= 4 is 23.4 Å². The lowest BCUT2D eigenvalue weighted by atomic mass is 10.1. The van der Waals surface area contributed by atoms with Gasteiger partial charge in [0, 0.05) is 17.3 Å². The van der Waals surface area contributed by atoms with Gasteiger partial charge in [-0.1, -0.05) is 41.9 Å². The minimum absolute atomic E-state index is 0.140. The maximum Gasteiger partial charge on any atom is 0.320 e. The normalized spacial score (nSPS) is 11.8. The lowest BCUT2D eigenvalue weighted by molar-refractivity contribution is 0.249. The van der Waals surface area contributed by atoms with E-state index in [4.69, 9.17) is 11.6 Å². The van der Waals surface area contributed by atoms with E-state index in [9.17, 15) is 4.79 Å². The number of amides is 2. The Morgan fingerprint density at radius 1 is 1.08 bits per heavy atom. The maximum absolute atomic E-state index is 12.1. The SMILES string of the molecule is CC(NC(=O)Nc1ccn(-c2ccccc2)n1)c1ccc(Cl)cc1. The van der Waals surface area contributed by atoms with Crippen molar-refractivity contribution < 1.29 is 4.79 Å². The van der Waals surface area contributed by atoms with E-state index in [2.05, 4.69) is 15.7 Å². The van der Waals surface area contributed by atoms with Crippen molar-refractivity contribution in [3.8, 4) is 5.69 Å². The van der Waals surface area contributed by atoms with Crippen molar-refractivity contribution in [2.75, 3.05) is 5.32 Å². The van der Waals surface area contributed by atoms with E-state index in [1.807, 2.05) is 49.4 Å². The number of anilines is 1. The Bertz CT molecular complexity index is 815. The molecule has 3 aromatic rings. The second kappa shape index (κ2) is 7.19. The van der Waals surface area contributed by atoms with Crippen LogP contribution in [0.3, 0.4) is 0 Å². The van der Waals surface area contributed by atoms with Crippen LogP contribution < -0.4 is 10.6 Å². The molecule has 0 saturated carbocycles. The zero-order chi connectivity index (χ0) is 16.9. The quantitative estimate of drug-likeness (QED) is 0.739. The number of nitrogens with zero attached hydrogens (tertiary/aromatic N) is 2. The molecule has 0 aliphatic carbocycles. The van der Waals surface area contributed by atoms with Crippen molar-refractivity contribution in [3.05, 3.63) is 77.4 Å². The Kier molecular flexibility index (Phi) is 4.82. The van der Waals surface area contributed by atoms with Crippen LogP contribution in [0.25, 0.3) is 5.69 Å². The molecule has 1 aromatic heterocycles. The van der Waals surface area contributed by atoms with E-state index in [0.29, 0.717) is 10.8 Å². The smallest absolute Gasteiger partial charge is 0.320 e. The summed E-state index contributed by atoms with van der Waals surface area (Å²) in [6.07, 6.45) is 1.80. The molecule has 24 heavy (non-hydrogen) atoms. The van der Waals surface area contributed by atoms with Crippen LogP contribution in [-0.4, -0.2) is 15.8 Å². The third kappa shape index (κ3) is 3.94. The Morgan fingerprint density at radius 3 is 2.50 bits per heavy atom. The van der Waals surface area contributed by atoms with Crippen LogP contribution in [-0.2, 0) is 0 Å². The monoisotopic (exact) mass is 340 g/mol. The lowest BCUT2D eigenvalue weighted by Crippen LogP contribution is -2.31. The molecule has 3 rings (SSSR count). The summed E-state index contributed by atoms with van der Waals surface area (Å²) in [6, 6.07) is 18.4. The second-order valence-corrected chi connectivity index (χ2v) is 5.79. The van der Waals surface area contributed by atoms with Crippen LogP contribution in [0.4, 0.5) is 10.6 Å². The highest BCUT2D eigenvalue weighted by molar-refractivity contribution is 6.30. The number of aromatic nitrogens is 2. The second-order valence-electron chi connectivity index (χ2n) is 5.35. The molecule has 0 aliphatic heterocycles. The average Bonchev–Trinajstić information content (AvgIpc) is 3.04. The maximum atomic E-state index is 12.1. The van der Waals surface area contributed by atoms with Gasteiger partial charge in [-0.25, -0.2) is 9.48 Å². The summed E-state index contributed by atoms with van der Waals surface area (Å²) in [6.45, 7) is 1.91. The molecule has 5 nitrogen and oxygen atoms in total. The van der Waals surface area contributed by atoms with Crippen LogP contribution in [0.1, 0.15) is 18.5 Å². The number of carbonyl (C=O) groups is 1. The number of hydrogen-bond donors (Lipinski definition) is 2. The van der Waals surface area contributed by atoms with E-state index < -0.39 is 0 Å². The van der Waals surface area contributed by atoms with Gasteiger partial charge in [0.15, 0.2) is 5.82 Å². The van der Waals surface area contributed by atoms with Crippen LogP contribution in [0.15, 0.2) is 66.9 Å². The molecule has 1 heterocycles. The number of nitrogens with one attached hydrogen (secondary N) is 2. The largest absolute Gasteiger partial charge is 0.331 e. The Morgan fingerprint density at radius 2 is 1.79 bits per heavy atom. The number of para-hydroxylation sites is 1. The summed E-state index contributed by atoms with van der Waals surface area (Å²) in [7, 11) is 0. The third-order valence-electron chi connectivity index (χ3n) is 3.57. The van der Waals surface area contributed by atoms with Crippen molar-refractivity contribution in [2.45, 2.75) is 13.0 Å². The first-order chi connectivity index (χ1) is 11.6. The van der Waals surface area contributed by atoms with Gasteiger partial charge < -0.3 is 5.32 Å². The summed E-state index contributed by atoms with van der Waals surface area (Å²) in [5.74, 6) is 0.486. The van der Waals surface area contributed by atoms with E-state index >= 15 is 0 Å². The number of benzene rings is 2. The molecule has 2 amide bonds. The summed E-state index contributed by atoms with van der Waals surface area (Å²) in [5, 5.41) is 10.6. The molecule has 6 heteroatoms. The molecule has 0 bridgehead atoms. The van der Waals surface area contributed by atoms with Crippen molar-refractivity contribution in [2.24, 2.45) is 0 Å². The van der Waals surface area contributed by atoms with Gasteiger partial charge in [0.05, 0.1) is 11.7 Å². The minimum Gasteiger partial charge on any atom is -0.331 e. The Hall–Kier alpha value is -2.79. The van der Waals surface area contributed by atoms with Crippen molar-refractivity contribution in [3.63, 3.8) is 0 Å². The van der Waals surface area contributed by atoms with Gasteiger partial charge in [-0.3, -0.25) is 5.32 Å². The molecular weight excluding hydrogens is 324 g/mol. The minimum atomic E-state index is -0.309. The predicted molar refractivity (Wildman–Crippen MR) is 95.6 cm³/mol. The highest BCUT2D eigenvalue weighted by atomic mass is 35.5. The van der Waals surface area contributed by atoms with Crippen molar-refractivity contribution in [1.29, 1.82) is 0 Å². The Labute approximate surface area is 145 Å². The number of rotatable bonds is 4. The van der Waals surface area contributed by atoms with Crippen LogP contribution >= 0.6 is 11.6 Å². The van der Waals surface area contributed by atoms with E-state index in [-0.39, 0.29) is 12.1 Å². The fourth-order valence-electron chi connectivity index (χ4n) is 2.30. The molecule has 0 fully saturated rings. The van der Waals surface area contributed by atoms with E-state index in [1.165, 1.54) is 0 Å². The zero-order valence-corrected chi connectivity index (χ0v) is 13.9. The molecular formula is C18H17ClN4O. The molecule has 0 radical (unpaired) electrons. The van der Waals surface area contributed by atoms with Gasteiger partial charge in [-0.15, -0.1) is 5.10 Å². The standard InChI is InChI=1S/C18H17ClN4O/c1-13(14-7-9-15(19)10-8-14)20-18(24)21-17-11-12-23(22-17)16-5-3-2-4-6-16/h2-13H,1H3,(H2,20,21,22,24). The molecule has 2 aromatic carbocycles. The number of urea groups is 1. The first kappa shape index (κ1) is 16.1. The van der Waals surface area contributed by atoms with Gasteiger partial charge in [-0.05, 0) is 36.8 Å². The topological polar surface area (TPSA) is 59.0 Å². The summed E-state index contributed by atoms with van der Waals surface area (Å²) < 4.78 is 1.71. The Balaban J connectivity index is 1.61. The molecule has 0 saturated heterocycles. The van der Waals surface area contributed by atoms with Crippen LogP contribution in [0, 0.1) is 0 Å². The highest BCUT2D eigenvalue weighted by Gasteiger charge is 2.11. The summed E-state index contributed by atoms with van der Waals surface area (Å²) in [4.78, 5) is 12.1. The van der Waals surface area contributed by atoms with Gasteiger partial charge in [0.1, 0.15) is 0 Å². The number of carbonyl (C=O) groups excluding carboxylic acids is 1. The van der Waals surface area contributed by atoms with Crippen LogP contribution in [0.5, 0.6) is 0 Å². The zero-order valence-electron chi connectivity index (χ0n) is 13.1. The molecule has 1 unspecified atom stereocenters. The van der Waals surface area contributed by atoms with E-state index in [1.54, 1.807) is 29.1 Å². The van der Waals surface area contributed by atoms with E-state index in [0.717, 1.165) is 11.3 Å². The lowest BCUT2D eigenvalue weighted by Gasteiger charge is -2.14.